The maximum atomic E-state index is 11.2. The molecule has 4 heteroatoms. The molecule has 0 atom stereocenters. The average Bonchev–Trinajstić information content (AvgIpc) is 2.75. The number of rotatable bonds is 0. The van der Waals surface area contributed by atoms with Crippen LogP contribution in [-0.2, 0) is 0 Å². The maximum Gasteiger partial charge on any atom is 0.336 e. The second-order valence-electron chi connectivity index (χ2n) is 3.60. The van der Waals surface area contributed by atoms with Gasteiger partial charge in [-0.15, -0.1) is 0 Å². The van der Waals surface area contributed by atoms with Gasteiger partial charge in [-0.2, -0.15) is 0 Å². The first-order valence-corrected chi connectivity index (χ1v) is 5.57. The van der Waals surface area contributed by atoms with Gasteiger partial charge in [0.25, 0.3) is 0 Å². The van der Waals surface area contributed by atoms with Crippen LogP contribution in [0, 0.1) is 6.92 Å². The van der Waals surface area contributed by atoms with Crippen molar-refractivity contribution < 1.29 is 8.83 Å². The van der Waals surface area contributed by atoms with Crippen molar-refractivity contribution in [2.75, 3.05) is 0 Å². The van der Waals surface area contributed by atoms with Crippen molar-refractivity contribution in [3.05, 3.63) is 44.9 Å². The van der Waals surface area contributed by atoms with Crippen molar-refractivity contribution in [3.8, 4) is 0 Å². The van der Waals surface area contributed by atoms with E-state index in [-0.39, 0.29) is 5.63 Å². The van der Waals surface area contributed by atoms with Crippen LogP contribution in [0.25, 0.3) is 21.9 Å². The molecule has 2 heterocycles. The monoisotopic (exact) mass is 278 g/mol. The van der Waals surface area contributed by atoms with Crippen LogP contribution in [-0.4, -0.2) is 0 Å². The van der Waals surface area contributed by atoms with E-state index in [4.69, 9.17) is 8.83 Å². The summed E-state index contributed by atoms with van der Waals surface area (Å²) in [6.45, 7) is 1.88. The molecule has 0 aliphatic heterocycles. The number of furan rings is 1. The number of aryl methyl sites for hydroxylation is 1. The number of hydrogen-bond acceptors (Lipinski definition) is 3. The molecule has 0 amide bonds. The highest BCUT2D eigenvalue weighted by Gasteiger charge is 2.13. The number of fused-ring (bicyclic) bond motifs is 2. The van der Waals surface area contributed by atoms with Gasteiger partial charge in [-0.1, -0.05) is 0 Å². The van der Waals surface area contributed by atoms with E-state index in [1.165, 1.54) is 6.07 Å². The summed E-state index contributed by atoms with van der Waals surface area (Å²) in [4.78, 5) is 11.2. The molecule has 0 bridgehead atoms. The maximum absolute atomic E-state index is 11.2. The zero-order valence-corrected chi connectivity index (χ0v) is 10.00. The minimum Gasteiger partial charge on any atom is -0.464 e. The van der Waals surface area contributed by atoms with E-state index in [0.29, 0.717) is 5.58 Å². The molecule has 0 spiro atoms. The lowest BCUT2D eigenvalue weighted by molar-refractivity contribution is 0.556. The fourth-order valence-corrected chi connectivity index (χ4v) is 2.51. The summed E-state index contributed by atoms with van der Waals surface area (Å²) in [6, 6.07) is 5.06. The SMILES string of the molecule is Cc1c2occc2c(Br)c2ccc(=O)oc12. The number of benzene rings is 1. The summed E-state index contributed by atoms with van der Waals surface area (Å²) < 4.78 is 11.5. The lowest BCUT2D eigenvalue weighted by atomic mass is 10.1. The van der Waals surface area contributed by atoms with Crippen LogP contribution < -0.4 is 5.63 Å². The van der Waals surface area contributed by atoms with Crippen molar-refractivity contribution in [2.24, 2.45) is 0 Å². The van der Waals surface area contributed by atoms with Crippen LogP contribution in [0.5, 0.6) is 0 Å². The Labute approximate surface area is 98.8 Å². The third-order valence-electron chi connectivity index (χ3n) is 2.65. The molecule has 2 aromatic heterocycles. The molecule has 0 radical (unpaired) electrons. The fraction of sp³-hybridized carbons (Fsp3) is 0.0833. The molecule has 0 unspecified atom stereocenters. The minimum absolute atomic E-state index is 0.353. The lowest BCUT2D eigenvalue weighted by Crippen LogP contribution is -1.96. The molecule has 0 aliphatic carbocycles. The molecule has 80 valence electrons. The second kappa shape index (κ2) is 3.22. The predicted octanol–water partition coefficient (Wildman–Crippen LogP) is 3.61. The second-order valence-corrected chi connectivity index (χ2v) is 4.39. The van der Waals surface area contributed by atoms with Gasteiger partial charge in [0.05, 0.1) is 6.26 Å². The van der Waals surface area contributed by atoms with Crippen LogP contribution in [0.2, 0.25) is 0 Å². The third-order valence-corrected chi connectivity index (χ3v) is 3.51. The van der Waals surface area contributed by atoms with E-state index in [1.54, 1.807) is 12.3 Å². The van der Waals surface area contributed by atoms with Gasteiger partial charge in [0.15, 0.2) is 0 Å². The molecule has 0 saturated heterocycles. The molecule has 1 aromatic carbocycles. The average molecular weight is 279 g/mol. The Morgan fingerprint density at radius 3 is 2.69 bits per heavy atom. The Balaban J connectivity index is 2.70. The quantitative estimate of drug-likeness (QED) is 0.590. The molecule has 3 aromatic rings. The van der Waals surface area contributed by atoms with Gasteiger partial charge in [0.1, 0.15) is 11.2 Å². The fourth-order valence-electron chi connectivity index (χ4n) is 1.89. The lowest BCUT2D eigenvalue weighted by Gasteiger charge is -2.04. The highest BCUT2D eigenvalue weighted by atomic mass is 79.9. The van der Waals surface area contributed by atoms with Gasteiger partial charge in [-0.05, 0) is 35.0 Å². The summed E-state index contributed by atoms with van der Waals surface area (Å²) in [5.74, 6) is 0. The van der Waals surface area contributed by atoms with Crippen LogP contribution in [0.15, 0.2) is 42.6 Å². The molecule has 0 fully saturated rings. The molecular weight excluding hydrogens is 272 g/mol. The van der Waals surface area contributed by atoms with Crippen LogP contribution >= 0.6 is 15.9 Å². The van der Waals surface area contributed by atoms with Crippen LogP contribution in [0.1, 0.15) is 5.56 Å². The van der Waals surface area contributed by atoms with Gasteiger partial charge in [-0.3, -0.25) is 0 Å². The van der Waals surface area contributed by atoms with Gasteiger partial charge in [0, 0.05) is 26.9 Å². The Hall–Kier alpha value is -1.55. The normalized spacial score (nSPS) is 11.4. The Bertz CT molecular complexity index is 752. The highest BCUT2D eigenvalue weighted by Crippen LogP contribution is 2.35. The molecule has 3 rings (SSSR count). The van der Waals surface area contributed by atoms with E-state index in [1.807, 2.05) is 13.0 Å². The highest BCUT2D eigenvalue weighted by molar-refractivity contribution is 9.10. The first kappa shape index (κ1) is 9.66. The molecule has 3 nitrogen and oxygen atoms in total. The standard InChI is InChI=1S/C12H7BrO3/c1-6-11-8(4-5-15-11)10(13)7-2-3-9(14)16-12(6)7/h2-5H,1H3. The Morgan fingerprint density at radius 2 is 1.88 bits per heavy atom. The molecule has 0 saturated carbocycles. The van der Waals surface area contributed by atoms with Crippen molar-refractivity contribution in [2.45, 2.75) is 6.92 Å². The van der Waals surface area contributed by atoms with Gasteiger partial charge < -0.3 is 8.83 Å². The smallest absolute Gasteiger partial charge is 0.336 e. The summed E-state index contributed by atoms with van der Waals surface area (Å²) in [5.41, 5.74) is 1.81. The van der Waals surface area contributed by atoms with Gasteiger partial charge in [0.2, 0.25) is 0 Å². The minimum atomic E-state index is -0.353. The summed E-state index contributed by atoms with van der Waals surface area (Å²) >= 11 is 3.50. The first-order chi connectivity index (χ1) is 7.68. The van der Waals surface area contributed by atoms with Gasteiger partial charge >= 0.3 is 5.63 Å². The van der Waals surface area contributed by atoms with E-state index in [9.17, 15) is 4.79 Å². The van der Waals surface area contributed by atoms with E-state index in [2.05, 4.69) is 15.9 Å². The first-order valence-electron chi connectivity index (χ1n) is 4.77. The van der Waals surface area contributed by atoms with E-state index in [0.717, 1.165) is 26.4 Å². The van der Waals surface area contributed by atoms with Crippen LogP contribution in [0.4, 0.5) is 0 Å². The molecular formula is C12H7BrO3. The Kier molecular flexibility index (Phi) is 1.94. The number of halogens is 1. The van der Waals surface area contributed by atoms with E-state index < -0.39 is 0 Å². The Morgan fingerprint density at radius 1 is 1.12 bits per heavy atom. The largest absolute Gasteiger partial charge is 0.464 e. The van der Waals surface area contributed by atoms with Crippen molar-refractivity contribution in [1.82, 2.24) is 0 Å². The van der Waals surface area contributed by atoms with E-state index >= 15 is 0 Å². The summed E-state index contributed by atoms with van der Waals surface area (Å²) in [7, 11) is 0. The molecule has 0 N–H and O–H groups in total. The topological polar surface area (TPSA) is 43.4 Å². The molecule has 16 heavy (non-hydrogen) atoms. The van der Waals surface area contributed by atoms with Gasteiger partial charge in [-0.25, -0.2) is 4.79 Å². The van der Waals surface area contributed by atoms with Crippen molar-refractivity contribution in [1.29, 1.82) is 0 Å². The van der Waals surface area contributed by atoms with Crippen molar-refractivity contribution in [3.63, 3.8) is 0 Å². The number of hydrogen-bond donors (Lipinski definition) is 0. The van der Waals surface area contributed by atoms with Crippen molar-refractivity contribution >= 4 is 37.9 Å². The zero-order chi connectivity index (χ0) is 11.3. The third kappa shape index (κ3) is 1.16. The summed E-state index contributed by atoms with van der Waals surface area (Å²) in [5, 5.41) is 1.87. The zero-order valence-electron chi connectivity index (χ0n) is 8.41. The predicted molar refractivity (Wildman–Crippen MR) is 64.7 cm³/mol. The summed E-state index contributed by atoms with van der Waals surface area (Å²) in [6.07, 6.45) is 1.62. The molecule has 0 aliphatic rings. The van der Waals surface area contributed by atoms with Crippen LogP contribution in [0.3, 0.4) is 0 Å².